The first-order valence-corrected chi connectivity index (χ1v) is 24.2. The quantitative estimate of drug-likeness (QED) is 0.0491. The van der Waals surface area contributed by atoms with E-state index in [4.69, 9.17) is 13.7 Å². The second kappa shape index (κ2) is 42.4. The lowest BCUT2D eigenvalue weighted by molar-refractivity contribution is -0.0381. The molecule has 8 heteroatoms. The van der Waals surface area contributed by atoms with Gasteiger partial charge >= 0.3 is 10.3 Å². The number of hydrogen-bond acceptors (Lipinski definition) is 6. The predicted molar refractivity (Wildman–Crippen MR) is 230 cm³/mol. The SMILES string of the molecule is CCCCCCCCC=CCCCCCCCCOCC(COS(=O)(=O)NCCN(CC)CC)OCCCCCCCCC=CCCCCCCCC. The van der Waals surface area contributed by atoms with Crippen molar-refractivity contribution in [2.75, 3.05) is 52.6 Å². The lowest BCUT2D eigenvalue weighted by Gasteiger charge is -2.20. The van der Waals surface area contributed by atoms with Gasteiger partial charge in [0.25, 0.3) is 0 Å². The van der Waals surface area contributed by atoms with E-state index in [2.05, 4.69) is 61.6 Å². The van der Waals surface area contributed by atoms with Gasteiger partial charge in [-0.25, -0.2) is 0 Å². The van der Waals surface area contributed by atoms with Crippen molar-refractivity contribution in [3.63, 3.8) is 0 Å². The average molecular weight is 771 g/mol. The number of hydrogen-bond donors (Lipinski definition) is 1. The van der Waals surface area contributed by atoms with E-state index in [1.807, 2.05) is 0 Å². The Hall–Kier alpha value is -0.770. The molecule has 0 aromatic heterocycles. The lowest BCUT2D eigenvalue weighted by Crippen LogP contribution is -2.37. The maximum Gasteiger partial charge on any atom is 0.335 e. The molecule has 0 radical (unpaired) electrons. The fourth-order valence-electron chi connectivity index (χ4n) is 6.49. The van der Waals surface area contributed by atoms with Gasteiger partial charge in [-0.1, -0.05) is 168 Å². The summed E-state index contributed by atoms with van der Waals surface area (Å²) in [4.78, 5) is 2.17. The molecule has 0 saturated carbocycles. The summed E-state index contributed by atoms with van der Waals surface area (Å²) in [7, 11) is -3.83. The van der Waals surface area contributed by atoms with Gasteiger partial charge in [-0.05, 0) is 77.3 Å². The zero-order valence-electron chi connectivity index (χ0n) is 35.7. The van der Waals surface area contributed by atoms with Crippen molar-refractivity contribution in [3.05, 3.63) is 24.3 Å². The van der Waals surface area contributed by atoms with Crippen molar-refractivity contribution in [2.45, 2.75) is 214 Å². The first-order valence-electron chi connectivity index (χ1n) is 22.8. The van der Waals surface area contributed by atoms with E-state index in [-0.39, 0.29) is 6.61 Å². The molecule has 0 aliphatic rings. The normalized spacial score (nSPS) is 13.0. The molecule has 0 fully saturated rings. The maximum atomic E-state index is 12.5. The van der Waals surface area contributed by atoms with E-state index in [1.54, 1.807) is 0 Å². The van der Waals surface area contributed by atoms with Crippen LogP contribution >= 0.6 is 0 Å². The molecule has 0 saturated heterocycles. The monoisotopic (exact) mass is 771 g/mol. The Morgan fingerprint density at radius 1 is 0.509 bits per heavy atom. The van der Waals surface area contributed by atoms with Crippen LogP contribution in [0.15, 0.2) is 24.3 Å². The Kier molecular flexibility index (Phi) is 41.8. The van der Waals surface area contributed by atoms with Gasteiger partial charge in [-0.15, -0.1) is 0 Å². The summed E-state index contributed by atoms with van der Waals surface area (Å²) in [5, 5.41) is 0. The van der Waals surface area contributed by atoms with Gasteiger partial charge < -0.3 is 14.4 Å². The minimum atomic E-state index is -3.83. The van der Waals surface area contributed by atoms with Gasteiger partial charge in [0.2, 0.25) is 0 Å². The molecule has 7 nitrogen and oxygen atoms in total. The highest BCUT2D eigenvalue weighted by Crippen LogP contribution is 2.12. The Morgan fingerprint density at radius 2 is 0.906 bits per heavy atom. The number of allylic oxidation sites excluding steroid dienone is 4. The van der Waals surface area contributed by atoms with Crippen molar-refractivity contribution in [1.29, 1.82) is 0 Å². The number of ether oxygens (including phenoxy) is 2. The lowest BCUT2D eigenvalue weighted by atomic mass is 10.1. The van der Waals surface area contributed by atoms with E-state index in [9.17, 15) is 8.42 Å². The first kappa shape index (κ1) is 52.2. The molecular formula is C45H90N2O5S. The third-order valence-electron chi connectivity index (χ3n) is 10.1. The molecule has 0 bridgehead atoms. The standard InChI is InChI=1S/C45H90N2O5S/c1-5-9-11-13-15-17-19-21-23-25-27-29-31-33-35-37-41-50-43-45(44-52-53(48,49)46-39-40-47(7-3)8-4)51-42-38-36-34-32-30-28-26-24-22-20-18-16-14-12-10-6-2/h21-24,45-46H,5-20,25-44H2,1-4H3. The molecule has 0 amide bonds. The highest BCUT2D eigenvalue weighted by molar-refractivity contribution is 7.84. The van der Waals surface area contributed by atoms with Crippen LogP contribution in [0.1, 0.15) is 207 Å². The van der Waals surface area contributed by atoms with E-state index in [0.29, 0.717) is 32.9 Å². The number of rotatable bonds is 44. The Balaban J connectivity index is 4.16. The minimum Gasteiger partial charge on any atom is -0.379 e. The highest BCUT2D eigenvalue weighted by atomic mass is 32.2. The molecule has 1 atom stereocenters. The molecule has 0 aromatic rings. The minimum absolute atomic E-state index is 0.0274. The second-order valence-electron chi connectivity index (χ2n) is 15.1. The molecular weight excluding hydrogens is 681 g/mol. The molecule has 53 heavy (non-hydrogen) atoms. The van der Waals surface area contributed by atoms with Crippen LogP contribution in [0, 0.1) is 0 Å². The number of nitrogens with one attached hydrogen (secondary N) is 1. The van der Waals surface area contributed by atoms with Crippen LogP contribution in [0.25, 0.3) is 0 Å². The van der Waals surface area contributed by atoms with Crippen LogP contribution in [-0.4, -0.2) is 72.0 Å². The Labute approximate surface area is 331 Å². The van der Waals surface area contributed by atoms with E-state index in [1.165, 1.54) is 154 Å². The van der Waals surface area contributed by atoms with Gasteiger partial charge in [0.1, 0.15) is 6.10 Å². The number of likely N-dealkylation sites (N-methyl/N-ethyl adjacent to an activating group) is 1. The summed E-state index contributed by atoms with van der Waals surface area (Å²) >= 11 is 0. The van der Waals surface area contributed by atoms with Crippen LogP contribution in [-0.2, 0) is 24.0 Å². The van der Waals surface area contributed by atoms with Crippen molar-refractivity contribution in [2.24, 2.45) is 0 Å². The second-order valence-corrected chi connectivity index (χ2v) is 16.5. The molecule has 0 aliphatic heterocycles. The van der Waals surface area contributed by atoms with E-state index < -0.39 is 16.4 Å². The molecule has 0 aromatic carbocycles. The number of nitrogens with zero attached hydrogens (tertiary/aromatic N) is 1. The summed E-state index contributed by atoms with van der Waals surface area (Å²) < 4.78 is 45.0. The van der Waals surface area contributed by atoms with Crippen LogP contribution < -0.4 is 4.72 Å². The van der Waals surface area contributed by atoms with Crippen molar-refractivity contribution < 1.29 is 22.1 Å². The molecule has 0 aliphatic carbocycles. The van der Waals surface area contributed by atoms with Crippen LogP contribution in [0.4, 0.5) is 0 Å². The van der Waals surface area contributed by atoms with Gasteiger partial charge in [0, 0.05) is 26.3 Å². The molecule has 0 heterocycles. The largest absolute Gasteiger partial charge is 0.379 e. The maximum absolute atomic E-state index is 12.5. The first-order chi connectivity index (χ1) is 26.0. The Morgan fingerprint density at radius 3 is 1.34 bits per heavy atom. The Bertz CT molecular complexity index is 878. The highest BCUT2D eigenvalue weighted by Gasteiger charge is 2.17. The summed E-state index contributed by atoms with van der Waals surface area (Å²) in [5.74, 6) is 0. The fourth-order valence-corrected chi connectivity index (χ4v) is 7.24. The van der Waals surface area contributed by atoms with Gasteiger partial charge in [0.05, 0.1) is 13.2 Å². The smallest absolute Gasteiger partial charge is 0.335 e. The van der Waals surface area contributed by atoms with Gasteiger partial charge in [-0.3, -0.25) is 4.18 Å². The summed E-state index contributed by atoms with van der Waals surface area (Å²) in [5.41, 5.74) is 0. The molecule has 0 spiro atoms. The average Bonchev–Trinajstić information content (AvgIpc) is 3.15. The third-order valence-corrected chi connectivity index (χ3v) is 11.1. The molecule has 1 N–H and O–H groups in total. The molecule has 0 rings (SSSR count). The van der Waals surface area contributed by atoms with Crippen molar-refractivity contribution in [1.82, 2.24) is 9.62 Å². The topological polar surface area (TPSA) is 77.1 Å². The third kappa shape index (κ3) is 40.7. The van der Waals surface area contributed by atoms with Crippen LogP contribution in [0.5, 0.6) is 0 Å². The number of unbranched alkanes of at least 4 members (excludes halogenated alkanes) is 24. The van der Waals surface area contributed by atoms with Crippen molar-refractivity contribution in [3.8, 4) is 0 Å². The molecule has 1 unspecified atom stereocenters. The summed E-state index contributed by atoms with van der Waals surface area (Å²) in [6.45, 7) is 13.1. The zero-order valence-corrected chi connectivity index (χ0v) is 36.6. The van der Waals surface area contributed by atoms with Gasteiger partial charge in [0.15, 0.2) is 0 Å². The predicted octanol–water partition coefficient (Wildman–Crippen LogP) is 12.7. The summed E-state index contributed by atoms with van der Waals surface area (Å²) in [6.07, 6.45) is 44.9. The zero-order chi connectivity index (χ0) is 38.8. The van der Waals surface area contributed by atoms with Gasteiger partial charge in [-0.2, -0.15) is 13.1 Å². The van der Waals surface area contributed by atoms with Crippen LogP contribution in [0.2, 0.25) is 0 Å². The molecule has 316 valence electrons. The van der Waals surface area contributed by atoms with Crippen LogP contribution in [0.3, 0.4) is 0 Å². The van der Waals surface area contributed by atoms with E-state index in [0.717, 1.165) is 38.8 Å². The van der Waals surface area contributed by atoms with E-state index >= 15 is 0 Å². The fraction of sp³-hybridized carbons (Fsp3) is 0.911. The van der Waals surface area contributed by atoms with Crippen molar-refractivity contribution >= 4 is 10.3 Å². The summed E-state index contributed by atoms with van der Waals surface area (Å²) in [6, 6.07) is 0.